The van der Waals surface area contributed by atoms with Crippen LogP contribution in [0, 0.1) is 0 Å². The van der Waals surface area contributed by atoms with Gasteiger partial charge in [0.15, 0.2) is 16.6 Å². The van der Waals surface area contributed by atoms with Crippen molar-refractivity contribution in [1.29, 1.82) is 0 Å². The molecule has 2 N–H and O–H groups in total. The Hall–Kier alpha value is -1.82. The van der Waals surface area contributed by atoms with Gasteiger partial charge < -0.3 is 14.8 Å². The van der Waals surface area contributed by atoms with E-state index in [1.54, 1.807) is 7.05 Å². The van der Waals surface area contributed by atoms with Crippen molar-refractivity contribution in [2.24, 2.45) is 5.10 Å². The van der Waals surface area contributed by atoms with Gasteiger partial charge in [-0.1, -0.05) is 13.8 Å². The van der Waals surface area contributed by atoms with Gasteiger partial charge >= 0.3 is 0 Å². The zero-order chi connectivity index (χ0) is 16.4. The van der Waals surface area contributed by atoms with E-state index in [4.69, 9.17) is 21.7 Å². The Bertz CT molecular complexity index is 518. The predicted octanol–water partition coefficient (Wildman–Crippen LogP) is 3.08. The molecule has 0 heterocycles. The molecule has 0 aromatic heterocycles. The largest absolute Gasteiger partial charge is 0.490 e. The van der Waals surface area contributed by atoms with E-state index in [1.807, 2.05) is 25.1 Å². The van der Waals surface area contributed by atoms with Crippen LogP contribution in [0.4, 0.5) is 0 Å². The van der Waals surface area contributed by atoms with Crippen LogP contribution in [0.3, 0.4) is 0 Å². The molecule has 0 spiro atoms. The quantitative estimate of drug-likeness (QED) is 0.437. The van der Waals surface area contributed by atoms with Gasteiger partial charge in [0.25, 0.3) is 0 Å². The maximum absolute atomic E-state index is 5.78. The fraction of sp³-hybridized carbons (Fsp3) is 0.500. The van der Waals surface area contributed by atoms with Gasteiger partial charge in [0.2, 0.25) is 0 Å². The summed E-state index contributed by atoms with van der Waals surface area (Å²) < 4.78 is 11.5. The molecule has 0 bridgehead atoms. The van der Waals surface area contributed by atoms with Crippen molar-refractivity contribution in [3.05, 3.63) is 23.8 Å². The molecule has 0 aliphatic rings. The summed E-state index contributed by atoms with van der Waals surface area (Å²) in [6.45, 7) is 7.40. The van der Waals surface area contributed by atoms with Crippen LogP contribution in [0.5, 0.6) is 11.5 Å². The number of hydrogen-bond donors (Lipinski definition) is 2. The summed E-state index contributed by atoms with van der Waals surface area (Å²) in [5.74, 6) is 1.52. The van der Waals surface area contributed by atoms with Gasteiger partial charge in [-0.3, -0.25) is 5.43 Å². The molecule has 0 unspecified atom stereocenters. The number of hydrazone groups is 1. The molecule has 0 aliphatic heterocycles. The van der Waals surface area contributed by atoms with Crippen LogP contribution in [0.15, 0.2) is 23.3 Å². The van der Waals surface area contributed by atoms with E-state index in [2.05, 4.69) is 29.7 Å². The molecule has 122 valence electrons. The SMILES string of the molecule is CCCOc1ccc(/C(C)=N/NC(=S)NC)cc1OCCC. The van der Waals surface area contributed by atoms with Crippen molar-refractivity contribution in [3.63, 3.8) is 0 Å². The average Bonchev–Trinajstić information content (AvgIpc) is 2.55. The first-order valence-corrected chi connectivity index (χ1v) is 7.95. The van der Waals surface area contributed by atoms with Gasteiger partial charge in [-0.15, -0.1) is 0 Å². The molecule has 5 nitrogen and oxygen atoms in total. The molecular weight excluding hydrogens is 298 g/mol. The third-order valence-electron chi connectivity index (χ3n) is 2.84. The predicted molar refractivity (Wildman–Crippen MR) is 95.0 cm³/mol. The lowest BCUT2D eigenvalue weighted by atomic mass is 10.1. The molecule has 1 rings (SSSR count). The van der Waals surface area contributed by atoms with E-state index in [1.165, 1.54) is 0 Å². The molecule has 0 atom stereocenters. The number of ether oxygens (including phenoxy) is 2. The number of benzene rings is 1. The van der Waals surface area contributed by atoms with Crippen molar-refractivity contribution in [2.45, 2.75) is 33.6 Å². The van der Waals surface area contributed by atoms with E-state index < -0.39 is 0 Å². The molecule has 22 heavy (non-hydrogen) atoms. The van der Waals surface area contributed by atoms with Gasteiger partial charge in [-0.2, -0.15) is 5.10 Å². The number of rotatable bonds is 8. The fourth-order valence-electron chi connectivity index (χ4n) is 1.64. The first-order chi connectivity index (χ1) is 10.6. The van der Waals surface area contributed by atoms with E-state index in [-0.39, 0.29) is 0 Å². The Morgan fingerprint density at radius 3 is 2.36 bits per heavy atom. The molecule has 0 saturated heterocycles. The third-order valence-corrected chi connectivity index (χ3v) is 3.13. The van der Waals surface area contributed by atoms with Crippen molar-refractivity contribution in [2.75, 3.05) is 20.3 Å². The molecule has 0 radical (unpaired) electrons. The number of hydrogen-bond acceptors (Lipinski definition) is 4. The van der Waals surface area contributed by atoms with Gasteiger partial charge in [0.05, 0.1) is 18.9 Å². The highest BCUT2D eigenvalue weighted by molar-refractivity contribution is 7.80. The normalized spacial score (nSPS) is 11.0. The fourth-order valence-corrected chi connectivity index (χ4v) is 1.69. The first-order valence-electron chi connectivity index (χ1n) is 7.54. The molecular formula is C16H25N3O2S. The zero-order valence-electron chi connectivity index (χ0n) is 13.7. The molecule has 6 heteroatoms. The van der Waals surface area contributed by atoms with E-state index in [0.717, 1.165) is 35.6 Å². The second-order valence-corrected chi connectivity index (χ2v) is 5.15. The Morgan fingerprint density at radius 1 is 1.14 bits per heavy atom. The average molecular weight is 323 g/mol. The minimum absolute atomic E-state index is 0.477. The maximum atomic E-state index is 5.78. The van der Waals surface area contributed by atoms with Gasteiger partial charge in [0.1, 0.15) is 0 Å². The second-order valence-electron chi connectivity index (χ2n) is 4.75. The molecule has 0 saturated carbocycles. The van der Waals surface area contributed by atoms with E-state index in [9.17, 15) is 0 Å². The smallest absolute Gasteiger partial charge is 0.186 e. The summed E-state index contributed by atoms with van der Waals surface area (Å²) >= 11 is 5.00. The lowest BCUT2D eigenvalue weighted by molar-refractivity contribution is 0.268. The zero-order valence-corrected chi connectivity index (χ0v) is 14.5. The summed E-state index contributed by atoms with van der Waals surface area (Å²) in [6.07, 6.45) is 1.91. The minimum Gasteiger partial charge on any atom is -0.490 e. The Kier molecular flexibility index (Phi) is 8.28. The van der Waals surface area contributed by atoms with Gasteiger partial charge in [-0.25, -0.2) is 0 Å². The maximum Gasteiger partial charge on any atom is 0.186 e. The molecule has 0 fully saturated rings. The summed E-state index contributed by atoms with van der Waals surface area (Å²) in [5, 5.41) is 7.53. The monoisotopic (exact) mass is 323 g/mol. The lowest BCUT2D eigenvalue weighted by Gasteiger charge is -2.13. The van der Waals surface area contributed by atoms with Gasteiger partial charge in [-0.05, 0) is 50.2 Å². The molecule has 1 aromatic carbocycles. The second kappa shape index (κ2) is 10.00. The number of nitrogens with zero attached hydrogens (tertiary/aromatic N) is 1. The molecule has 1 aromatic rings. The highest BCUT2D eigenvalue weighted by Crippen LogP contribution is 2.29. The summed E-state index contributed by atoms with van der Waals surface area (Å²) in [6, 6.07) is 5.84. The van der Waals surface area contributed by atoms with Crippen molar-refractivity contribution in [1.82, 2.24) is 10.7 Å². The van der Waals surface area contributed by atoms with Crippen LogP contribution in [-0.2, 0) is 0 Å². The molecule has 0 amide bonds. The lowest BCUT2D eigenvalue weighted by Crippen LogP contribution is -2.29. The summed E-state index contributed by atoms with van der Waals surface area (Å²) in [4.78, 5) is 0. The Balaban J connectivity index is 2.93. The van der Waals surface area contributed by atoms with Crippen LogP contribution in [0.2, 0.25) is 0 Å². The summed E-state index contributed by atoms with van der Waals surface area (Å²) in [7, 11) is 1.75. The van der Waals surface area contributed by atoms with Crippen LogP contribution >= 0.6 is 12.2 Å². The Labute approximate surface area is 138 Å². The standard InChI is InChI=1S/C16H25N3O2S/c1-5-9-20-14-8-7-13(11-15(14)21-10-6-2)12(3)18-19-16(22)17-4/h7-8,11H,5-6,9-10H2,1-4H3,(H2,17,19,22)/b18-12+. The van der Waals surface area contributed by atoms with Crippen LogP contribution in [-0.4, -0.2) is 31.1 Å². The Morgan fingerprint density at radius 2 is 1.77 bits per heavy atom. The minimum atomic E-state index is 0.477. The van der Waals surface area contributed by atoms with Crippen LogP contribution in [0.1, 0.15) is 39.2 Å². The van der Waals surface area contributed by atoms with Gasteiger partial charge in [0, 0.05) is 12.6 Å². The highest BCUT2D eigenvalue weighted by atomic mass is 32.1. The number of nitrogens with one attached hydrogen (secondary N) is 2. The van der Waals surface area contributed by atoms with Crippen molar-refractivity contribution in [3.8, 4) is 11.5 Å². The van der Waals surface area contributed by atoms with Crippen LogP contribution in [0.25, 0.3) is 0 Å². The van der Waals surface area contributed by atoms with E-state index in [0.29, 0.717) is 18.3 Å². The van der Waals surface area contributed by atoms with Crippen LogP contribution < -0.4 is 20.2 Å². The number of thiocarbonyl (C=S) groups is 1. The first kappa shape index (κ1) is 18.2. The summed E-state index contributed by atoms with van der Waals surface area (Å²) in [5.41, 5.74) is 4.56. The van der Waals surface area contributed by atoms with Crippen molar-refractivity contribution >= 4 is 23.0 Å². The molecule has 0 aliphatic carbocycles. The third kappa shape index (κ3) is 5.89. The van der Waals surface area contributed by atoms with E-state index >= 15 is 0 Å². The van der Waals surface area contributed by atoms with Crippen molar-refractivity contribution < 1.29 is 9.47 Å². The topological polar surface area (TPSA) is 54.9 Å². The highest BCUT2D eigenvalue weighted by Gasteiger charge is 2.08.